The number of esters is 1. The Morgan fingerprint density at radius 1 is 0.800 bits per heavy atom. The molecule has 10 atom stereocenters. The summed E-state index contributed by atoms with van der Waals surface area (Å²) in [6, 6.07) is 6.37. The number of carbonyl (C=O) groups is 8. The van der Waals surface area contributed by atoms with Crippen LogP contribution in [0.25, 0.3) is 0 Å². The molecule has 2 aliphatic rings. The molecule has 2 aliphatic heterocycles. The van der Waals surface area contributed by atoms with Gasteiger partial charge >= 0.3 is 5.97 Å². The Labute approximate surface area is 446 Å². The summed E-state index contributed by atoms with van der Waals surface area (Å²) in [4.78, 5) is 112. The van der Waals surface area contributed by atoms with E-state index in [1.54, 1.807) is 44.7 Å². The molecule has 0 radical (unpaired) electrons. The molecule has 2 heterocycles. The van der Waals surface area contributed by atoms with E-state index in [0.29, 0.717) is 75.7 Å². The first kappa shape index (κ1) is 63.8. The number of nitrogens with one attached hydrogen (secondary N) is 3. The third-order valence-corrected chi connectivity index (χ3v) is 14.6. The zero-order valence-corrected chi connectivity index (χ0v) is 47.4. The zero-order chi connectivity index (χ0) is 56.1. The number of unbranched alkanes of at least 4 members (excludes halogenated alkanes) is 2. The van der Waals surface area contributed by atoms with Crippen molar-refractivity contribution in [2.75, 3.05) is 48.5 Å². The number of likely N-dealkylation sites (tertiary alicyclic amines) is 1. The van der Waals surface area contributed by atoms with Crippen LogP contribution in [-0.2, 0) is 52.6 Å². The molecule has 3 rings (SSSR count). The molecule has 19 nitrogen and oxygen atoms in total. The maximum absolute atomic E-state index is 14.5. The molecule has 0 aromatic heterocycles. The number of carbonyl (C=O) groups excluding carboxylic acids is 8. The molecule has 1 fully saturated rings. The van der Waals surface area contributed by atoms with Crippen LogP contribution in [0.3, 0.4) is 0 Å². The van der Waals surface area contributed by atoms with Crippen molar-refractivity contribution in [2.45, 2.75) is 181 Å². The number of likely N-dealkylation sites (N-methyl/N-ethyl adjacent to an activating group) is 2. The molecule has 19 heteroatoms. The van der Waals surface area contributed by atoms with Gasteiger partial charge in [-0.25, -0.2) is 5.43 Å². The minimum absolute atomic E-state index is 0.0174. The van der Waals surface area contributed by atoms with Crippen molar-refractivity contribution < 1.29 is 52.6 Å². The highest BCUT2D eigenvalue weighted by atomic mass is 16.5. The summed E-state index contributed by atoms with van der Waals surface area (Å²) in [7, 11) is 8.49. The van der Waals surface area contributed by atoms with Gasteiger partial charge in [0, 0.05) is 65.1 Å². The Morgan fingerprint density at radius 3 is 2.03 bits per heavy atom. The number of rotatable bonds is 32. The summed E-state index contributed by atoms with van der Waals surface area (Å²) in [5.74, 6) is -3.34. The van der Waals surface area contributed by atoms with E-state index in [1.807, 2.05) is 90.9 Å². The molecule has 1 aromatic carbocycles. The summed E-state index contributed by atoms with van der Waals surface area (Å²) >= 11 is 0. The van der Waals surface area contributed by atoms with Crippen LogP contribution in [0.4, 0.5) is 0 Å². The van der Waals surface area contributed by atoms with Gasteiger partial charge in [0.2, 0.25) is 29.5 Å². The summed E-state index contributed by atoms with van der Waals surface area (Å²) in [6.07, 6.45) is 5.30. The predicted octanol–water partition coefficient (Wildman–Crippen LogP) is 5.57. The van der Waals surface area contributed by atoms with Crippen molar-refractivity contribution in [1.29, 1.82) is 0 Å². The van der Waals surface area contributed by atoms with E-state index in [2.05, 4.69) is 21.2 Å². The van der Waals surface area contributed by atoms with Gasteiger partial charge in [-0.05, 0) is 89.8 Å². The number of ether oxygens (including phenoxy) is 3. The molecule has 7 amide bonds. The molecule has 1 saturated heterocycles. The van der Waals surface area contributed by atoms with Crippen molar-refractivity contribution >= 4 is 53.0 Å². The summed E-state index contributed by atoms with van der Waals surface area (Å²) in [5, 5.41) is 10.3. The first-order chi connectivity index (χ1) is 35.5. The maximum atomic E-state index is 14.5. The molecule has 3 N–H and O–H groups in total. The summed E-state index contributed by atoms with van der Waals surface area (Å²) in [5.41, 5.74) is 3.88. The minimum Gasteiger partial charge on any atom is -0.455 e. The molecule has 420 valence electrons. The SMILES string of the molecule is CC[C@H](C)[C@@H](C(CC(=O)N1CCC[C@H]1[C@H](OC)[C@@H](C)C(=O)N[C@H](C)C(OC(=O)CCC/C(C)=N/NC(=O)CCCCCN1C(=O)C=CC1=O)c1ccccc1)OC)N(C)C(=O)[C@@H](NC(=O)[C@H](C(C)C)N(C)C)C(C)C. The van der Waals surface area contributed by atoms with Gasteiger partial charge in [0.15, 0.2) is 0 Å². The van der Waals surface area contributed by atoms with Crippen LogP contribution in [0.2, 0.25) is 0 Å². The number of benzene rings is 1. The van der Waals surface area contributed by atoms with Crippen molar-refractivity contribution in [2.24, 2.45) is 28.8 Å². The average molecular weight is 1050 g/mol. The van der Waals surface area contributed by atoms with E-state index in [-0.39, 0.29) is 78.4 Å². The predicted molar refractivity (Wildman–Crippen MR) is 288 cm³/mol. The van der Waals surface area contributed by atoms with E-state index in [0.717, 1.165) is 0 Å². The largest absolute Gasteiger partial charge is 0.455 e. The fourth-order valence-corrected chi connectivity index (χ4v) is 10.3. The van der Waals surface area contributed by atoms with Gasteiger partial charge in [0.25, 0.3) is 11.8 Å². The summed E-state index contributed by atoms with van der Waals surface area (Å²) in [6.45, 7) is 17.9. The fraction of sp³-hybridized carbons (Fsp3) is 0.696. The van der Waals surface area contributed by atoms with Gasteiger partial charge in [-0.1, -0.05) is 91.6 Å². The Bertz CT molecular complexity index is 2090. The number of hydrogen-bond donors (Lipinski definition) is 3. The number of amides is 7. The third kappa shape index (κ3) is 18.9. The summed E-state index contributed by atoms with van der Waals surface area (Å²) < 4.78 is 18.2. The lowest BCUT2D eigenvalue weighted by Crippen LogP contribution is -2.59. The van der Waals surface area contributed by atoms with Crippen LogP contribution in [0, 0.1) is 23.7 Å². The maximum Gasteiger partial charge on any atom is 0.306 e. The highest BCUT2D eigenvalue weighted by Crippen LogP contribution is 2.31. The molecule has 75 heavy (non-hydrogen) atoms. The van der Waals surface area contributed by atoms with E-state index in [9.17, 15) is 38.4 Å². The Balaban J connectivity index is 1.63. The highest BCUT2D eigenvalue weighted by molar-refractivity contribution is 6.12. The van der Waals surface area contributed by atoms with Crippen molar-refractivity contribution in [3.63, 3.8) is 0 Å². The van der Waals surface area contributed by atoms with Gasteiger partial charge in [0.05, 0.1) is 48.7 Å². The van der Waals surface area contributed by atoms with Crippen LogP contribution in [0.15, 0.2) is 47.6 Å². The smallest absolute Gasteiger partial charge is 0.306 e. The van der Waals surface area contributed by atoms with Gasteiger partial charge in [-0.15, -0.1) is 0 Å². The van der Waals surface area contributed by atoms with Gasteiger partial charge in [0.1, 0.15) is 12.1 Å². The number of hydrogen-bond acceptors (Lipinski definition) is 13. The fourth-order valence-electron chi connectivity index (χ4n) is 10.3. The van der Waals surface area contributed by atoms with Gasteiger partial charge in [-0.3, -0.25) is 48.2 Å². The van der Waals surface area contributed by atoms with Gasteiger partial charge < -0.3 is 34.6 Å². The normalized spacial score (nSPS) is 18.6. The van der Waals surface area contributed by atoms with E-state index in [4.69, 9.17) is 14.2 Å². The minimum atomic E-state index is -0.820. The first-order valence-electron chi connectivity index (χ1n) is 27.0. The van der Waals surface area contributed by atoms with Crippen molar-refractivity contribution in [3.05, 3.63) is 48.0 Å². The molecule has 1 aromatic rings. The second-order valence-electron chi connectivity index (χ2n) is 21.3. The standard InChI is InChI=1S/C56H90N8O11/c1-15-37(6)51(62(12)56(72)49(35(2)3)58-55(71)50(36(4)5)61(10)11)43(73-13)34-47(68)63-33-23-27-42(63)52(74-14)39(8)54(70)57-40(9)53(41-25-18-16-19-26-41)75-48(69)29-22-24-38(7)59-60-44(65)28-20-17-21-32-64-45(66)30-31-46(64)67/h16,18-19,25-26,30-31,35-37,39-40,42-43,49-53H,15,17,20-24,27-29,32-34H2,1-14H3,(H,57,70)(H,58,71)(H,60,65)/b59-38+/t37-,39+,40+,42-,43?,49-,50-,51-,52+,53?/m0/s1. The average Bonchev–Trinajstić information content (AvgIpc) is 3.98. The van der Waals surface area contributed by atoms with E-state index < -0.39 is 60.4 Å². The van der Waals surface area contributed by atoms with Crippen LogP contribution < -0.4 is 16.1 Å². The van der Waals surface area contributed by atoms with Crippen molar-refractivity contribution in [3.8, 4) is 0 Å². The molecule has 0 saturated carbocycles. The molecule has 0 bridgehead atoms. The number of imide groups is 1. The lowest BCUT2D eigenvalue weighted by atomic mass is 9.89. The van der Waals surface area contributed by atoms with Crippen LogP contribution >= 0.6 is 0 Å². The Kier molecular flexibility index (Phi) is 26.8. The third-order valence-electron chi connectivity index (χ3n) is 14.6. The molecular formula is C56H90N8O11. The highest BCUT2D eigenvalue weighted by Gasteiger charge is 2.43. The van der Waals surface area contributed by atoms with Gasteiger partial charge in [-0.2, -0.15) is 5.10 Å². The number of hydrazone groups is 1. The van der Waals surface area contributed by atoms with Crippen LogP contribution in [-0.4, -0.2) is 164 Å². The van der Waals surface area contributed by atoms with Crippen LogP contribution in [0.5, 0.6) is 0 Å². The molecule has 2 unspecified atom stereocenters. The topological polar surface area (TPSA) is 226 Å². The molecule has 0 spiro atoms. The number of methoxy groups -OCH3 is 2. The quantitative estimate of drug-likeness (QED) is 0.0265. The van der Waals surface area contributed by atoms with Crippen LogP contribution in [0.1, 0.15) is 145 Å². The Hall–Kier alpha value is -5.53. The lowest BCUT2D eigenvalue weighted by Gasteiger charge is -2.41. The second kappa shape index (κ2) is 31.5. The number of nitrogens with zero attached hydrogens (tertiary/aromatic N) is 5. The lowest BCUT2D eigenvalue weighted by molar-refractivity contribution is -0.152. The second-order valence-corrected chi connectivity index (χ2v) is 21.3. The van der Waals surface area contributed by atoms with E-state index >= 15 is 0 Å². The first-order valence-corrected chi connectivity index (χ1v) is 27.0. The zero-order valence-electron chi connectivity index (χ0n) is 47.4. The van der Waals surface area contributed by atoms with Crippen molar-refractivity contribution in [1.82, 2.24) is 35.7 Å². The monoisotopic (exact) mass is 1050 g/mol. The van der Waals surface area contributed by atoms with E-state index in [1.165, 1.54) is 24.2 Å². The molecular weight excluding hydrogens is 961 g/mol. The molecule has 0 aliphatic carbocycles. The Morgan fingerprint density at radius 2 is 1.45 bits per heavy atom.